The van der Waals surface area contributed by atoms with E-state index in [0.29, 0.717) is 27.7 Å². The summed E-state index contributed by atoms with van der Waals surface area (Å²) in [5.41, 5.74) is 2.08. The average molecular weight is 577 g/mol. The minimum Gasteiger partial charge on any atom is -0.357 e. The molecule has 1 N–H and O–H groups in total. The minimum absolute atomic E-state index is 0.0341. The predicted octanol–water partition coefficient (Wildman–Crippen LogP) is 4.93. The molecule has 3 aromatic carbocycles. The van der Waals surface area contributed by atoms with Crippen molar-refractivity contribution in [2.45, 2.75) is 31.8 Å². The van der Waals surface area contributed by atoms with E-state index in [1.165, 1.54) is 16.3 Å². The second kappa shape index (κ2) is 13.6. The van der Waals surface area contributed by atoms with Crippen molar-refractivity contribution in [1.29, 1.82) is 0 Å². The molecule has 0 heterocycles. The Hall–Kier alpha value is -3.07. The number of carbonyl (C=O) groups excluding carboxylic acids is 2. The monoisotopic (exact) mass is 575 g/mol. The Morgan fingerprint density at radius 3 is 2.16 bits per heavy atom. The van der Waals surface area contributed by atoms with Crippen molar-refractivity contribution < 1.29 is 18.0 Å². The molecular weight excluding hydrogens is 545 g/mol. The van der Waals surface area contributed by atoms with Crippen LogP contribution in [0.15, 0.2) is 78.9 Å². The van der Waals surface area contributed by atoms with Crippen LogP contribution in [0.2, 0.25) is 10.0 Å². The van der Waals surface area contributed by atoms with Crippen LogP contribution in [0.4, 0.5) is 5.69 Å². The highest BCUT2D eigenvalue weighted by atomic mass is 35.5. The Balaban J connectivity index is 1.84. The topological polar surface area (TPSA) is 86.8 Å². The van der Waals surface area contributed by atoms with Crippen LogP contribution < -0.4 is 9.62 Å². The molecule has 0 spiro atoms. The largest absolute Gasteiger partial charge is 0.357 e. The molecule has 202 valence electrons. The molecule has 10 heteroatoms. The lowest BCUT2D eigenvalue weighted by Gasteiger charge is -2.32. The van der Waals surface area contributed by atoms with Crippen LogP contribution in [0.5, 0.6) is 0 Å². The van der Waals surface area contributed by atoms with E-state index in [1.807, 2.05) is 42.5 Å². The fourth-order valence-corrected chi connectivity index (χ4v) is 5.43. The van der Waals surface area contributed by atoms with Gasteiger partial charge >= 0.3 is 0 Å². The molecule has 0 unspecified atom stereocenters. The highest BCUT2D eigenvalue weighted by Gasteiger charge is 2.30. The number of amides is 2. The highest BCUT2D eigenvalue weighted by Crippen LogP contribution is 2.23. The Labute approximate surface area is 234 Å². The zero-order chi connectivity index (χ0) is 27.7. The van der Waals surface area contributed by atoms with E-state index in [1.54, 1.807) is 36.4 Å². The van der Waals surface area contributed by atoms with Crippen LogP contribution in [0.3, 0.4) is 0 Å². The van der Waals surface area contributed by atoms with Gasteiger partial charge in [0.2, 0.25) is 21.8 Å². The summed E-state index contributed by atoms with van der Waals surface area (Å²) in [4.78, 5) is 28.2. The summed E-state index contributed by atoms with van der Waals surface area (Å²) in [6, 6.07) is 22.3. The quantitative estimate of drug-likeness (QED) is 0.332. The summed E-state index contributed by atoms with van der Waals surface area (Å²) < 4.78 is 26.2. The lowest BCUT2D eigenvalue weighted by atomic mass is 10.0. The first-order valence-electron chi connectivity index (χ1n) is 12.1. The van der Waals surface area contributed by atoms with Gasteiger partial charge < -0.3 is 10.2 Å². The first-order chi connectivity index (χ1) is 18.1. The fraction of sp³-hybridized carbons (Fsp3) is 0.286. The maximum absolute atomic E-state index is 13.6. The normalized spacial score (nSPS) is 12.0. The van der Waals surface area contributed by atoms with Gasteiger partial charge in [-0.3, -0.25) is 13.9 Å². The third-order valence-corrected chi connectivity index (χ3v) is 7.90. The second-order valence-electron chi connectivity index (χ2n) is 8.85. The van der Waals surface area contributed by atoms with Crippen LogP contribution in [0.25, 0.3) is 0 Å². The summed E-state index contributed by atoms with van der Waals surface area (Å²) in [5, 5.41) is 3.66. The van der Waals surface area contributed by atoms with E-state index in [4.69, 9.17) is 23.2 Å². The first-order valence-corrected chi connectivity index (χ1v) is 14.7. The van der Waals surface area contributed by atoms with Gasteiger partial charge in [0.15, 0.2) is 0 Å². The molecule has 7 nitrogen and oxygen atoms in total. The van der Waals surface area contributed by atoms with Gasteiger partial charge in [-0.25, -0.2) is 8.42 Å². The van der Waals surface area contributed by atoms with E-state index in [-0.39, 0.29) is 37.7 Å². The van der Waals surface area contributed by atoms with E-state index < -0.39 is 16.1 Å². The minimum atomic E-state index is -3.59. The molecule has 0 bridgehead atoms. The molecule has 0 aliphatic carbocycles. The van der Waals surface area contributed by atoms with E-state index in [9.17, 15) is 18.0 Å². The maximum atomic E-state index is 13.6. The molecule has 0 aliphatic rings. The van der Waals surface area contributed by atoms with Gasteiger partial charge in [0.1, 0.15) is 6.04 Å². The molecule has 0 saturated carbocycles. The number of nitrogens with one attached hydrogen (secondary N) is 1. The Morgan fingerprint density at radius 1 is 0.921 bits per heavy atom. The van der Waals surface area contributed by atoms with E-state index in [0.717, 1.165) is 11.8 Å². The Kier molecular flexibility index (Phi) is 10.6. The van der Waals surface area contributed by atoms with Gasteiger partial charge in [0, 0.05) is 43.0 Å². The van der Waals surface area contributed by atoms with Crippen LogP contribution >= 0.6 is 23.2 Å². The molecule has 0 fully saturated rings. The molecule has 3 aromatic rings. The Bertz CT molecular complexity index is 1340. The van der Waals surface area contributed by atoms with Crippen molar-refractivity contribution >= 4 is 50.7 Å². The number of anilines is 1. The number of halogens is 2. The summed E-state index contributed by atoms with van der Waals surface area (Å²) in [6.45, 7) is 0.228. The lowest BCUT2D eigenvalue weighted by molar-refractivity contribution is -0.141. The van der Waals surface area contributed by atoms with Gasteiger partial charge in [-0.2, -0.15) is 0 Å². The van der Waals surface area contributed by atoms with Crippen molar-refractivity contribution in [2.75, 3.05) is 24.2 Å². The van der Waals surface area contributed by atoms with Crippen molar-refractivity contribution in [3.8, 4) is 0 Å². The number of benzene rings is 3. The van der Waals surface area contributed by atoms with Gasteiger partial charge in [-0.05, 0) is 47.9 Å². The smallest absolute Gasteiger partial charge is 0.242 e. The maximum Gasteiger partial charge on any atom is 0.242 e. The first kappa shape index (κ1) is 29.5. The van der Waals surface area contributed by atoms with Crippen molar-refractivity contribution in [3.05, 3.63) is 100 Å². The predicted molar refractivity (Wildman–Crippen MR) is 153 cm³/mol. The van der Waals surface area contributed by atoms with Crippen LogP contribution in [-0.2, 0) is 32.6 Å². The van der Waals surface area contributed by atoms with Crippen LogP contribution in [0, 0.1) is 0 Å². The molecule has 0 radical (unpaired) electrons. The molecule has 2 amide bonds. The Morgan fingerprint density at radius 2 is 1.55 bits per heavy atom. The highest BCUT2D eigenvalue weighted by molar-refractivity contribution is 7.92. The summed E-state index contributed by atoms with van der Waals surface area (Å²) in [6.07, 6.45) is 1.72. The molecule has 0 aliphatic heterocycles. The number of hydrogen-bond acceptors (Lipinski definition) is 4. The van der Waals surface area contributed by atoms with Crippen molar-refractivity contribution in [3.63, 3.8) is 0 Å². The lowest BCUT2D eigenvalue weighted by Crippen LogP contribution is -2.49. The molecule has 3 rings (SSSR count). The number of sulfonamides is 1. The molecule has 0 saturated heterocycles. The average Bonchev–Trinajstić information content (AvgIpc) is 2.89. The number of carbonyl (C=O) groups is 2. The summed E-state index contributed by atoms with van der Waals surface area (Å²) in [5.74, 6) is -0.577. The van der Waals surface area contributed by atoms with Gasteiger partial charge in [-0.1, -0.05) is 71.7 Å². The standard InChI is InChI=1S/C28H31Cl2N3O4S/c1-31-28(35)26(19-21-9-4-3-5-10-21)32(20-22-11-6-7-12-25(22)30)27(34)13-8-18-33(38(2,36)37)24-16-14-23(29)15-17-24/h3-7,9-12,14-17,26H,8,13,18-20H2,1-2H3,(H,31,35)/t26-/m0/s1. The molecule has 1 atom stereocenters. The zero-order valence-corrected chi connectivity index (χ0v) is 23.6. The number of hydrogen-bond donors (Lipinski definition) is 1. The number of rotatable bonds is 12. The third kappa shape index (κ3) is 8.21. The van der Waals surface area contributed by atoms with E-state index >= 15 is 0 Å². The SMILES string of the molecule is CNC(=O)[C@H](Cc1ccccc1)N(Cc1ccccc1Cl)C(=O)CCCN(c1ccc(Cl)cc1)S(C)(=O)=O. The molecule has 38 heavy (non-hydrogen) atoms. The molecule has 0 aromatic heterocycles. The second-order valence-corrected chi connectivity index (χ2v) is 11.6. The third-order valence-electron chi connectivity index (χ3n) is 6.08. The van der Waals surface area contributed by atoms with Crippen molar-refractivity contribution in [1.82, 2.24) is 10.2 Å². The number of nitrogens with zero attached hydrogens (tertiary/aromatic N) is 2. The van der Waals surface area contributed by atoms with Gasteiger partial charge in [0.05, 0.1) is 11.9 Å². The van der Waals surface area contributed by atoms with Crippen LogP contribution in [-0.4, -0.2) is 51.0 Å². The zero-order valence-electron chi connectivity index (χ0n) is 21.3. The summed E-state index contributed by atoms with van der Waals surface area (Å²) >= 11 is 12.4. The summed E-state index contributed by atoms with van der Waals surface area (Å²) in [7, 11) is -2.06. The van der Waals surface area contributed by atoms with Gasteiger partial charge in [-0.15, -0.1) is 0 Å². The van der Waals surface area contributed by atoms with Crippen molar-refractivity contribution in [2.24, 2.45) is 0 Å². The van der Waals surface area contributed by atoms with E-state index in [2.05, 4.69) is 5.32 Å². The fourth-order valence-electron chi connectivity index (χ4n) is 4.14. The number of likely N-dealkylation sites (N-methyl/N-ethyl adjacent to an activating group) is 1. The molecular formula is C28H31Cl2N3O4S. The van der Waals surface area contributed by atoms with Crippen LogP contribution in [0.1, 0.15) is 24.0 Å². The van der Waals surface area contributed by atoms with Gasteiger partial charge in [0.25, 0.3) is 0 Å².